The van der Waals surface area contributed by atoms with E-state index in [9.17, 15) is 4.79 Å². The van der Waals surface area contributed by atoms with E-state index in [4.69, 9.17) is 16.2 Å². The fourth-order valence-corrected chi connectivity index (χ4v) is 2.67. The Morgan fingerprint density at radius 3 is 2.73 bits per heavy atom. The molecule has 1 aromatic rings. The van der Waals surface area contributed by atoms with Gasteiger partial charge in [-0.25, -0.2) is 4.79 Å². The molecule has 0 amide bonds. The van der Waals surface area contributed by atoms with Gasteiger partial charge in [0.15, 0.2) is 0 Å². The first-order chi connectivity index (χ1) is 10.6. The van der Waals surface area contributed by atoms with Gasteiger partial charge in [-0.1, -0.05) is 11.8 Å². The normalized spacial score (nSPS) is 20.7. The molecule has 0 radical (unpaired) electrons. The molecule has 2 rings (SSSR count). The van der Waals surface area contributed by atoms with Gasteiger partial charge < -0.3 is 21.5 Å². The Hall–Kier alpha value is -2.03. The van der Waals surface area contributed by atoms with E-state index in [1.165, 1.54) is 7.11 Å². The van der Waals surface area contributed by atoms with E-state index < -0.39 is 5.97 Å². The number of carbonyl (C=O) groups excluding carboxylic acids is 1. The standard InChI is InChI=1S/C17H23N3O2/c1-22-17(21)16-9-8-15(11-12(16)3-2-10-18)20-14-6-4-13(19)5-7-14/h8-9,11,13-14,20H,4-7,10,18-19H2,1H3. The van der Waals surface area contributed by atoms with Crippen LogP contribution in [0.2, 0.25) is 0 Å². The highest BCUT2D eigenvalue weighted by Gasteiger charge is 2.19. The van der Waals surface area contributed by atoms with Gasteiger partial charge in [-0.15, -0.1) is 0 Å². The van der Waals surface area contributed by atoms with Gasteiger partial charge in [-0.05, 0) is 43.9 Å². The Morgan fingerprint density at radius 2 is 2.09 bits per heavy atom. The number of rotatable bonds is 3. The molecule has 1 aliphatic rings. The van der Waals surface area contributed by atoms with E-state index in [-0.39, 0.29) is 6.54 Å². The molecule has 5 nitrogen and oxygen atoms in total. The third-order valence-corrected chi connectivity index (χ3v) is 3.89. The molecule has 1 aliphatic carbocycles. The van der Waals surface area contributed by atoms with Crippen LogP contribution in [0.15, 0.2) is 18.2 Å². The van der Waals surface area contributed by atoms with Gasteiger partial charge in [0.05, 0.1) is 19.2 Å². The molecule has 0 aliphatic heterocycles. The number of ether oxygens (including phenoxy) is 1. The number of anilines is 1. The van der Waals surface area contributed by atoms with Gasteiger partial charge >= 0.3 is 5.97 Å². The lowest BCUT2D eigenvalue weighted by atomic mass is 9.91. The second kappa shape index (κ2) is 7.83. The molecule has 0 unspecified atom stereocenters. The fourth-order valence-electron chi connectivity index (χ4n) is 2.67. The number of nitrogens with two attached hydrogens (primary N) is 2. The number of esters is 1. The van der Waals surface area contributed by atoms with Crippen LogP contribution >= 0.6 is 0 Å². The summed E-state index contributed by atoms with van der Waals surface area (Å²) in [6.07, 6.45) is 4.20. The van der Waals surface area contributed by atoms with Crippen LogP contribution in [0.3, 0.4) is 0 Å². The van der Waals surface area contributed by atoms with E-state index in [1.807, 2.05) is 12.1 Å². The van der Waals surface area contributed by atoms with Gasteiger partial charge in [-0.3, -0.25) is 0 Å². The second-order valence-corrected chi connectivity index (χ2v) is 5.51. The van der Waals surface area contributed by atoms with Crippen molar-refractivity contribution in [1.29, 1.82) is 0 Å². The summed E-state index contributed by atoms with van der Waals surface area (Å²) in [5.74, 6) is 5.33. The molecule has 0 heterocycles. The molecule has 118 valence electrons. The van der Waals surface area contributed by atoms with Gasteiger partial charge in [0.25, 0.3) is 0 Å². The topological polar surface area (TPSA) is 90.4 Å². The largest absolute Gasteiger partial charge is 0.465 e. The maximum Gasteiger partial charge on any atom is 0.339 e. The summed E-state index contributed by atoms with van der Waals surface area (Å²) in [5, 5.41) is 3.50. The van der Waals surface area contributed by atoms with E-state index in [1.54, 1.807) is 6.07 Å². The molecule has 0 atom stereocenters. The summed E-state index contributed by atoms with van der Waals surface area (Å²) >= 11 is 0. The van der Waals surface area contributed by atoms with Crippen molar-refractivity contribution in [3.05, 3.63) is 29.3 Å². The molecule has 0 spiro atoms. The lowest BCUT2D eigenvalue weighted by molar-refractivity contribution is 0.0600. The van der Waals surface area contributed by atoms with Crippen LogP contribution in [0.1, 0.15) is 41.6 Å². The number of methoxy groups -OCH3 is 1. The average Bonchev–Trinajstić information content (AvgIpc) is 2.54. The molecule has 0 bridgehead atoms. The first-order valence-electron chi connectivity index (χ1n) is 7.57. The van der Waals surface area contributed by atoms with Crippen LogP contribution in [-0.2, 0) is 4.74 Å². The third kappa shape index (κ3) is 4.23. The predicted molar refractivity (Wildman–Crippen MR) is 87.6 cm³/mol. The molecule has 0 saturated heterocycles. The SMILES string of the molecule is COC(=O)c1ccc(NC2CCC(N)CC2)cc1C#CCN. The number of nitrogens with one attached hydrogen (secondary N) is 1. The van der Waals surface area contributed by atoms with Crippen LogP contribution in [0.4, 0.5) is 5.69 Å². The minimum absolute atomic E-state index is 0.249. The van der Waals surface area contributed by atoms with Crippen molar-refractivity contribution in [3.8, 4) is 11.8 Å². The zero-order valence-electron chi connectivity index (χ0n) is 12.9. The highest BCUT2D eigenvalue weighted by atomic mass is 16.5. The molecule has 22 heavy (non-hydrogen) atoms. The van der Waals surface area contributed by atoms with Crippen molar-refractivity contribution in [1.82, 2.24) is 0 Å². The fraction of sp³-hybridized carbons (Fsp3) is 0.471. The van der Waals surface area contributed by atoms with Crippen LogP contribution in [0.25, 0.3) is 0 Å². The number of carbonyl (C=O) groups is 1. The van der Waals surface area contributed by atoms with Crippen molar-refractivity contribution in [2.45, 2.75) is 37.8 Å². The predicted octanol–water partition coefficient (Wildman–Crippen LogP) is 1.47. The molecule has 1 aromatic carbocycles. The zero-order chi connectivity index (χ0) is 15.9. The Morgan fingerprint density at radius 1 is 1.36 bits per heavy atom. The summed E-state index contributed by atoms with van der Waals surface area (Å²) in [7, 11) is 1.36. The average molecular weight is 301 g/mol. The summed E-state index contributed by atoms with van der Waals surface area (Å²) in [4.78, 5) is 11.8. The summed E-state index contributed by atoms with van der Waals surface area (Å²) in [6.45, 7) is 0.249. The van der Waals surface area contributed by atoms with Gasteiger partial charge in [-0.2, -0.15) is 0 Å². The summed E-state index contributed by atoms with van der Waals surface area (Å²) in [6, 6.07) is 6.24. The highest BCUT2D eigenvalue weighted by Crippen LogP contribution is 2.23. The minimum Gasteiger partial charge on any atom is -0.465 e. The molecule has 5 N–H and O–H groups in total. The number of hydrogen-bond donors (Lipinski definition) is 3. The summed E-state index contributed by atoms with van der Waals surface area (Å²) < 4.78 is 4.79. The highest BCUT2D eigenvalue weighted by molar-refractivity contribution is 5.93. The lowest BCUT2D eigenvalue weighted by Gasteiger charge is -2.27. The monoisotopic (exact) mass is 301 g/mol. The Labute approximate surface area is 131 Å². The number of benzene rings is 1. The molecule has 1 fully saturated rings. The van der Waals surface area contributed by atoms with E-state index in [2.05, 4.69) is 17.2 Å². The van der Waals surface area contributed by atoms with Gasteiger partial charge in [0, 0.05) is 23.3 Å². The maximum absolute atomic E-state index is 11.8. The third-order valence-electron chi connectivity index (χ3n) is 3.89. The first kappa shape index (κ1) is 16.3. The van der Waals surface area contributed by atoms with Crippen molar-refractivity contribution >= 4 is 11.7 Å². The summed E-state index contributed by atoms with van der Waals surface area (Å²) in [5.41, 5.74) is 13.4. The van der Waals surface area contributed by atoms with E-state index >= 15 is 0 Å². The minimum atomic E-state index is -0.392. The lowest BCUT2D eigenvalue weighted by Crippen LogP contribution is -2.32. The molecule has 0 aromatic heterocycles. The van der Waals surface area contributed by atoms with E-state index in [0.717, 1.165) is 31.4 Å². The smallest absolute Gasteiger partial charge is 0.339 e. The van der Waals surface area contributed by atoms with Crippen LogP contribution in [-0.4, -0.2) is 31.7 Å². The quantitative estimate of drug-likeness (QED) is 0.581. The maximum atomic E-state index is 11.8. The number of hydrogen-bond acceptors (Lipinski definition) is 5. The van der Waals surface area contributed by atoms with Crippen molar-refractivity contribution < 1.29 is 9.53 Å². The Bertz CT molecular complexity index is 581. The van der Waals surface area contributed by atoms with Crippen LogP contribution < -0.4 is 16.8 Å². The Kier molecular flexibility index (Phi) is 5.82. The molecular formula is C17H23N3O2. The second-order valence-electron chi connectivity index (χ2n) is 5.51. The van der Waals surface area contributed by atoms with E-state index in [0.29, 0.717) is 23.2 Å². The molecule has 5 heteroatoms. The van der Waals surface area contributed by atoms with Crippen molar-refractivity contribution in [3.63, 3.8) is 0 Å². The zero-order valence-corrected chi connectivity index (χ0v) is 12.9. The molecular weight excluding hydrogens is 278 g/mol. The first-order valence-corrected chi connectivity index (χ1v) is 7.57. The van der Waals surface area contributed by atoms with Gasteiger partial charge in [0.1, 0.15) is 0 Å². The van der Waals surface area contributed by atoms with Gasteiger partial charge in [0.2, 0.25) is 0 Å². The van der Waals surface area contributed by atoms with Crippen molar-refractivity contribution in [2.24, 2.45) is 11.5 Å². The molecule has 1 saturated carbocycles. The van der Waals surface area contributed by atoms with Crippen LogP contribution in [0.5, 0.6) is 0 Å². The van der Waals surface area contributed by atoms with Crippen molar-refractivity contribution in [2.75, 3.05) is 19.0 Å². The van der Waals surface area contributed by atoms with Crippen LogP contribution in [0, 0.1) is 11.8 Å². The Balaban J connectivity index is 2.17.